The first-order valence-electron chi connectivity index (χ1n) is 5.60. The number of rotatable bonds is 7. The molecule has 1 heterocycles. The number of hydrogen-bond acceptors (Lipinski definition) is 4. The summed E-state index contributed by atoms with van der Waals surface area (Å²) < 4.78 is 5.00. The van der Waals surface area contributed by atoms with Crippen molar-refractivity contribution in [3.63, 3.8) is 0 Å². The van der Waals surface area contributed by atoms with Gasteiger partial charge < -0.3 is 15.2 Å². The third-order valence-corrected chi connectivity index (χ3v) is 3.46. The standard InChI is InChI=1S/C13H17NO3S/c1-3-7-17-8-6-12(15)14-10-13(2,16)11-5-4-9-18-11/h1,4-5,9,16H,6-8,10H2,2H3,(H,14,15). The number of carbonyl (C=O) groups excluding carboxylic acids is 1. The first-order chi connectivity index (χ1) is 8.56. The lowest BCUT2D eigenvalue weighted by Crippen LogP contribution is -2.38. The fraction of sp³-hybridized carbons (Fsp3) is 0.462. The molecule has 1 aromatic rings. The topological polar surface area (TPSA) is 58.6 Å². The fourth-order valence-corrected chi connectivity index (χ4v) is 2.11. The summed E-state index contributed by atoms with van der Waals surface area (Å²) in [6.07, 6.45) is 5.25. The third kappa shape index (κ3) is 4.88. The highest BCUT2D eigenvalue weighted by Gasteiger charge is 2.24. The van der Waals surface area contributed by atoms with E-state index in [1.165, 1.54) is 11.3 Å². The Morgan fingerprint density at radius 2 is 2.50 bits per heavy atom. The van der Waals surface area contributed by atoms with Crippen LogP contribution in [0, 0.1) is 12.3 Å². The summed E-state index contributed by atoms with van der Waals surface area (Å²) in [6.45, 7) is 2.35. The van der Waals surface area contributed by atoms with Gasteiger partial charge in [-0.15, -0.1) is 17.8 Å². The predicted octanol–water partition coefficient (Wildman–Crippen LogP) is 1.11. The van der Waals surface area contributed by atoms with E-state index in [9.17, 15) is 9.90 Å². The van der Waals surface area contributed by atoms with Crippen molar-refractivity contribution in [1.29, 1.82) is 0 Å². The van der Waals surface area contributed by atoms with Crippen molar-refractivity contribution < 1.29 is 14.6 Å². The smallest absolute Gasteiger partial charge is 0.222 e. The van der Waals surface area contributed by atoms with Crippen molar-refractivity contribution in [2.75, 3.05) is 19.8 Å². The highest BCUT2D eigenvalue weighted by atomic mass is 32.1. The summed E-state index contributed by atoms with van der Waals surface area (Å²) in [5, 5.41) is 14.7. The van der Waals surface area contributed by atoms with Gasteiger partial charge in [-0.2, -0.15) is 0 Å². The number of ether oxygens (including phenoxy) is 1. The van der Waals surface area contributed by atoms with Crippen LogP contribution in [0.3, 0.4) is 0 Å². The van der Waals surface area contributed by atoms with Crippen LogP contribution in [-0.4, -0.2) is 30.8 Å². The molecule has 0 saturated carbocycles. The Morgan fingerprint density at radius 3 is 3.11 bits per heavy atom. The van der Waals surface area contributed by atoms with E-state index < -0.39 is 5.60 Å². The van der Waals surface area contributed by atoms with Crippen molar-refractivity contribution in [1.82, 2.24) is 5.32 Å². The van der Waals surface area contributed by atoms with Gasteiger partial charge in [-0.1, -0.05) is 12.0 Å². The number of aliphatic hydroxyl groups is 1. The van der Waals surface area contributed by atoms with E-state index in [4.69, 9.17) is 11.2 Å². The number of nitrogens with one attached hydrogen (secondary N) is 1. The highest BCUT2D eigenvalue weighted by Crippen LogP contribution is 2.24. The van der Waals surface area contributed by atoms with E-state index in [2.05, 4.69) is 11.2 Å². The molecule has 18 heavy (non-hydrogen) atoms. The fourth-order valence-electron chi connectivity index (χ4n) is 1.33. The van der Waals surface area contributed by atoms with Crippen LogP contribution < -0.4 is 5.32 Å². The first kappa shape index (κ1) is 14.7. The van der Waals surface area contributed by atoms with E-state index in [-0.39, 0.29) is 32.1 Å². The van der Waals surface area contributed by atoms with E-state index in [1.807, 2.05) is 17.5 Å². The maximum atomic E-state index is 11.5. The molecule has 1 amide bonds. The molecule has 2 N–H and O–H groups in total. The molecule has 1 atom stereocenters. The lowest BCUT2D eigenvalue weighted by atomic mass is 10.1. The van der Waals surface area contributed by atoms with E-state index in [1.54, 1.807) is 6.92 Å². The molecule has 98 valence electrons. The van der Waals surface area contributed by atoms with Crippen LogP contribution in [0.5, 0.6) is 0 Å². The zero-order valence-corrected chi connectivity index (χ0v) is 11.1. The van der Waals surface area contributed by atoms with Crippen LogP contribution in [0.4, 0.5) is 0 Å². The van der Waals surface area contributed by atoms with Crippen LogP contribution in [0.25, 0.3) is 0 Å². The first-order valence-corrected chi connectivity index (χ1v) is 6.48. The van der Waals surface area contributed by atoms with Gasteiger partial charge in [0.1, 0.15) is 12.2 Å². The molecular weight excluding hydrogens is 250 g/mol. The Labute approximate surface area is 111 Å². The summed E-state index contributed by atoms with van der Waals surface area (Å²) in [7, 11) is 0. The molecule has 0 saturated heterocycles. The van der Waals surface area contributed by atoms with E-state index in [0.29, 0.717) is 0 Å². The van der Waals surface area contributed by atoms with Crippen LogP contribution >= 0.6 is 11.3 Å². The normalized spacial score (nSPS) is 13.6. The van der Waals surface area contributed by atoms with E-state index >= 15 is 0 Å². The molecule has 4 nitrogen and oxygen atoms in total. The van der Waals surface area contributed by atoms with Crippen LogP contribution in [-0.2, 0) is 15.1 Å². The number of hydrogen-bond donors (Lipinski definition) is 2. The number of thiophene rings is 1. The third-order valence-electron chi connectivity index (χ3n) is 2.34. The molecule has 0 aromatic carbocycles. The Kier molecular flexibility index (Phi) is 5.86. The monoisotopic (exact) mass is 267 g/mol. The van der Waals surface area contributed by atoms with Crippen LogP contribution in [0.1, 0.15) is 18.2 Å². The molecule has 5 heteroatoms. The Bertz CT molecular complexity index is 406. The Hall–Kier alpha value is -1.35. The van der Waals surface area contributed by atoms with Crippen LogP contribution in [0.15, 0.2) is 17.5 Å². The minimum atomic E-state index is -1.04. The van der Waals surface area contributed by atoms with Gasteiger partial charge in [-0.05, 0) is 18.4 Å². The lowest BCUT2D eigenvalue weighted by molar-refractivity contribution is -0.123. The van der Waals surface area contributed by atoms with Gasteiger partial charge in [-0.25, -0.2) is 0 Å². The van der Waals surface area contributed by atoms with Crippen molar-refractivity contribution in [3.8, 4) is 12.3 Å². The van der Waals surface area contributed by atoms with E-state index in [0.717, 1.165) is 4.88 Å². The average molecular weight is 267 g/mol. The van der Waals surface area contributed by atoms with Gasteiger partial charge in [0.15, 0.2) is 0 Å². The molecular formula is C13H17NO3S. The SMILES string of the molecule is C#CCOCCC(=O)NCC(C)(O)c1cccs1. The van der Waals surface area contributed by atoms with Crippen LogP contribution in [0.2, 0.25) is 0 Å². The maximum Gasteiger partial charge on any atom is 0.222 e. The predicted molar refractivity (Wildman–Crippen MR) is 71.2 cm³/mol. The van der Waals surface area contributed by atoms with Gasteiger partial charge in [0.2, 0.25) is 5.91 Å². The molecule has 0 radical (unpaired) electrons. The quantitative estimate of drug-likeness (QED) is 0.575. The Morgan fingerprint density at radius 1 is 1.72 bits per heavy atom. The lowest BCUT2D eigenvalue weighted by Gasteiger charge is -2.22. The average Bonchev–Trinajstić information content (AvgIpc) is 2.87. The summed E-state index contributed by atoms with van der Waals surface area (Å²) in [6, 6.07) is 3.71. The number of terminal acetylenes is 1. The van der Waals surface area contributed by atoms with Crippen molar-refractivity contribution >= 4 is 17.2 Å². The summed E-state index contributed by atoms with van der Waals surface area (Å²) in [5.41, 5.74) is -1.04. The van der Waals surface area contributed by atoms with Gasteiger partial charge in [0, 0.05) is 4.88 Å². The van der Waals surface area contributed by atoms with Gasteiger partial charge in [0.05, 0.1) is 19.6 Å². The minimum absolute atomic E-state index is 0.163. The molecule has 0 aliphatic rings. The maximum absolute atomic E-state index is 11.5. The molecule has 1 aromatic heterocycles. The molecule has 0 bridgehead atoms. The van der Waals surface area contributed by atoms with Gasteiger partial charge in [0.25, 0.3) is 0 Å². The molecule has 1 rings (SSSR count). The Balaban J connectivity index is 2.28. The van der Waals surface area contributed by atoms with Crippen molar-refractivity contribution in [2.24, 2.45) is 0 Å². The zero-order valence-electron chi connectivity index (χ0n) is 10.3. The minimum Gasteiger partial charge on any atom is -0.383 e. The molecule has 0 fully saturated rings. The van der Waals surface area contributed by atoms with Crippen molar-refractivity contribution in [2.45, 2.75) is 18.9 Å². The highest BCUT2D eigenvalue weighted by molar-refractivity contribution is 7.10. The molecule has 0 spiro atoms. The molecule has 0 aliphatic heterocycles. The largest absolute Gasteiger partial charge is 0.383 e. The van der Waals surface area contributed by atoms with Gasteiger partial charge >= 0.3 is 0 Å². The van der Waals surface area contributed by atoms with Gasteiger partial charge in [-0.3, -0.25) is 4.79 Å². The van der Waals surface area contributed by atoms with Crippen molar-refractivity contribution in [3.05, 3.63) is 22.4 Å². The second kappa shape index (κ2) is 7.17. The molecule has 1 unspecified atom stereocenters. The number of carbonyl (C=O) groups is 1. The molecule has 0 aliphatic carbocycles. The second-order valence-electron chi connectivity index (χ2n) is 4.03. The summed E-state index contributed by atoms with van der Waals surface area (Å²) >= 11 is 1.46. The number of amides is 1. The summed E-state index contributed by atoms with van der Waals surface area (Å²) in [5.74, 6) is 2.16. The second-order valence-corrected chi connectivity index (χ2v) is 4.98. The zero-order chi connectivity index (χ0) is 13.4. The summed E-state index contributed by atoms with van der Waals surface area (Å²) in [4.78, 5) is 12.3.